The van der Waals surface area contributed by atoms with Crippen LogP contribution in [0.3, 0.4) is 0 Å². The van der Waals surface area contributed by atoms with Gasteiger partial charge in [0, 0.05) is 25.2 Å². The van der Waals surface area contributed by atoms with E-state index in [0.717, 1.165) is 37.2 Å². The quantitative estimate of drug-likeness (QED) is 0.868. The molecule has 1 aromatic carbocycles. The molecule has 23 heavy (non-hydrogen) atoms. The number of hydrogen-bond donors (Lipinski definition) is 0. The summed E-state index contributed by atoms with van der Waals surface area (Å²) in [5, 5.41) is 4.43. The number of benzene rings is 1. The molecule has 4 nitrogen and oxygen atoms in total. The van der Waals surface area contributed by atoms with Crippen molar-refractivity contribution in [1.82, 2.24) is 14.7 Å². The number of amides is 1. The van der Waals surface area contributed by atoms with Crippen LogP contribution >= 0.6 is 0 Å². The van der Waals surface area contributed by atoms with Gasteiger partial charge in [-0.3, -0.25) is 9.48 Å². The number of nitrogens with zero attached hydrogens (tertiary/aromatic N) is 3. The lowest BCUT2D eigenvalue weighted by atomic mass is 9.99. The Hall–Kier alpha value is -2.17. The highest BCUT2D eigenvalue weighted by Crippen LogP contribution is 2.23. The van der Waals surface area contributed by atoms with Gasteiger partial charge in [-0.15, -0.1) is 0 Å². The summed E-state index contributed by atoms with van der Waals surface area (Å²) in [6, 6.07) is 8.17. The van der Waals surface area contributed by atoms with E-state index in [4.69, 9.17) is 0 Å². The Morgan fingerprint density at radius 2 is 2.04 bits per heavy atom. The molecule has 0 radical (unpaired) electrons. The molecule has 0 spiro atoms. The third-order valence-corrected chi connectivity index (χ3v) is 4.49. The number of piperidine rings is 1. The van der Waals surface area contributed by atoms with Crippen molar-refractivity contribution in [2.75, 3.05) is 13.1 Å². The van der Waals surface area contributed by atoms with Gasteiger partial charge in [0.2, 0.25) is 0 Å². The summed E-state index contributed by atoms with van der Waals surface area (Å²) >= 11 is 0. The second-order valence-electron chi connectivity index (χ2n) is 6.22. The molecule has 1 aromatic heterocycles. The van der Waals surface area contributed by atoms with Crippen LogP contribution < -0.4 is 0 Å². The fourth-order valence-electron chi connectivity index (χ4n) is 3.02. The number of aryl methyl sites for hydroxylation is 1. The normalized spacial score (nSPS) is 15.9. The number of halogens is 1. The number of carbonyl (C=O) groups is 1. The molecular formula is C18H22FN3O. The van der Waals surface area contributed by atoms with E-state index in [9.17, 15) is 9.18 Å². The van der Waals surface area contributed by atoms with E-state index < -0.39 is 0 Å². The van der Waals surface area contributed by atoms with Crippen LogP contribution in [0.15, 0.2) is 30.3 Å². The van der Waals surface area contributed by atoms with Gasteiger partial charge in [0.25, 0.3) is 5.91 Å². The van der Waals surface area contributed by atoms with E-state index >= 15 is 0 Å². The average Bonchev–Trinajstić information content (AvgIpc) is 2.99. The molecule has 2 aromatic rings. The summed E-state index contributed by atoms with van der Waals surface area (Å²) in [7, 11) is 0. The number of carbonyl (C=O) groups excluding carboxylic acids is 1. The van der Waals surface area contributed by atoms with Crippen LogP contribution in [-0.4, -0.2) is 33.7 Å². The first-order valence-electron chi connectivity index (χ1n) is 8.21. The van der Waals surface area contributed by atoms with Gasteiger partial charge in [0.15, 0.2) is 5.69 Å². The summed E-state index contributed by atoms with van der Waals surface area (Å²) in [6.45, 7) is 6.39. The highest BCUT2D eigenvalue weighted by atomic mass is 19.1. The number of likely N-dealkylation sites (tertiary alicyclic amines) is 1. The van der Waals surface area contributed by atoms with Crippen LogP contribution in [0.4, 0.5) is 4.39 Å². The van der Waals surface area contributed by atoms with E-state index in [-0.39, 0.29) is 11.7 Å². The van der Waals surface area contributed by atoms with Crippen molar-refractivity contribution >= 4 is 5.91 Å². The van der Waals surface area contributed by atoms with Crippen molar-refractivity contribution < 1.29 is 9.18 Å². The van der Waals surface area contributed by atoms with Crippen molar-refractivity contribution in [3.8, 4) is 11.3 Å². The van der Waals surface area contributed by atoms with Gasteiger partial charge in [-0.25, -0.2) is 4.39 Å². The molecule has 1 amide bonds. The van der Waals surface area contributed by atoms with Crippen molar-refractivity contribution in [3.05, 3.63) is 41.8 Å². The molecule has 1 aliphatic heterocycles. The molecular weight excluding hydrogens is 293 g/mol. The monoisotopic (exact) mass is 315 g/mol. The molecule has 5 heteroatoms. The first-order valence-corrected chi connectivity index (χ1v) is 8.21. The van der Waals surface area contributed by atoms with Gasteiger partial charge < -0.3 is 4.90 Å². The van der Waals surface area contributed by atoms with Crippen molar-refractivity contribution in [1.29, 1.82) is 0 Å². The molecule has 1 aliphatic rings. The van der Waals surface area contributed by atoms with Gasteiger partial charge in [-0.05, 0) is 43.9 Å². The van der Waals surface area contributed by atoms with Crippen LogP contribution in [-0.2, 0) is 6.54 Å². The molecule has 0 atom stereocenters. The van der Waals surface area contributed by atoms with Gasteiger partial charge in [-0.1, -0.05) is 19.1 Å². The maximum absolute atomic E-state index is 13.5. The van der Waals surface area contributed by atoms with Crippen LogP contribution in [0.5, 0.6) is 0 Å². The Kier molecular flexibility index (Phi) is 4.46. The molecule has 122 valence electrons. The summed E-state index contributed by atoms with van der Waals surface area (Å²) in [6.07, 6.45) is 2.08. The predicted octanol–water partition coefficient (Wildman–Crippen LogP) is 3.58. The Bertz CT molecular complexity index is 702. The van der Waals surface area contributed by atoms with E-state index in [2.05, 4.69) is 12.0 Å². The smallest absolute Gasteiger partial charge is 0.274 e. The Balaban J connectivity index is 1.88. The summed E-state index contributed by atoms with van der Waals surface area (Å²) in [5.41, 5.74) is 1.96. The minimum absolute atomic E-state index is 0.0262. The Morgan fingerprint density at radius 1 is 1.30 bits per heavy atom. The molecule has 1 saturated heterocycles. The zero-order chi connectivity index (χ0) is 16.4. The van der Waals surface area contributed by atoms with Crippen LogP contribution in [0, 0.1) is 11.7 Å². The highest BCUT2D eigenvalue weighted by molar-refractivity contribution is 5.93. The summed E-state index contributed by atoms with van der Waals surface area (Å²) < 4.78 is 15.2. The molecule has 2 heterocycles. The number of aromatic nitrogens is 2. The third kappa shape index (κ3) is 3.28. The van der Waals surface area contributed by atoms with E-state index in [0.29, 0.717) is 18.2 Å². The van der Waals surface area contributed by atoms with Crippen molar-refractivity contribution in [2.45, 2.75) is 33.2 Å². The van der Waals surface area contributed by atoms with E-state index in [1.54, 1.807) is 16.8 Å². The second-order valence-corrected chi connectivity index (χ2v) is 6.22. The third-order valence-electron chi connectivity index (χ3n) is 4.49. The lowest BCUT2D eigenvalue weighted by Gasteiger charge is -2.29. The molecule has 0 bridgehead atoms. The van der Waals surface area contributed by atoms with Gasteiger partial charge in [0.1, 0.15) is 5.82 Å². The van der Waals surface area contributed by atoms with Crippen molar-refractivity contribution in [3.63, 3.8) is 0 Å². The highest BCUT2D eigenvalue weighted by Gasteiger charge is 2.24. The van der Waals surface area contributed by atoms with Gasteiger partial charge >= 0.3 is 0 Å². The van der Waals surface area contributed by atoms with E-state index in [1.807, 2.05) is 17.9 Å². The maximum Gasteiger partial charge on any atom is 0.274 e. The van der Waals surface area contributed by atoms with Crippen molar-refractivity contribution in [2.24, 2.45) is 5.92 Å². The number of rotatable bonds is 3. The van der Waals surface area contributed by atoms with Crippen LogP contribution in [0.25, 0.3) is 11.3 Å². The Labute approximate surface area is 135 Å². The summed E-state index contributed by atoms with van der Waals surface area (Å²) in [5.74, 6) is 0.362. The molecule has 3 rings (SSSR count). The lowest BCUT2D eigenvalue weighted by molar-refractivity contribution is 0.0690. The average molecular weight is 315 g/mol. The first-order chi connectivity index (χ1) is 11.1. The standard InChI is InChI=1S/C18H22FN3O/c1-3-22-17(14-5-4-6-15(19)11-14)12-16(20-22)18(23)21-9-7-13(2)8-10-21/h4-6,11-13H,3,7-10H2,1-2H3. The fraction of sp³-hybridized carbons (Fsp3) is 0.444. The fourth-order valence-corrected chi connectivity index (χ4v) is 3.02. The van der Waals surface area contributed by atoms with Gasteiger partial charge in [-0.2, -0.15) is 5.10 Å². The largest absolute Gasteiger partial charge is 0.337 e. The lowest BCUT2D eigenvalue weighted by Crippen LogP contribution is -2.38. The SMILES string of the molecule is CCn1nc(C(=O)N2CCC(C)CC2)cc1-c1cccc(F)c1. The minimum atomic E-state index is -0.288. The second kappa shape index (κ2) is 6.52. The first kappa shape index (κ1) is 15.7. The predicted molar refractivity (Wildman–Crippen MR) is 87.6 cm³/mol. The van der Waals surface area contributed by atoms with Gasteiger partial charge in [0.05, 0.1) is 5.69 Å². The maximum atomic E-state index is 13.5. The molecule has 0 N–H and O–H groups in total. The molecule has 1 fully saturated rings. The summed E-state index contributed by atoms with van der Waals surface area (Å²) in [4.78, 5) is 14.5. The molecule has 0 aliphatic carbocycles. The zero-order valence-electron chi connectivity index (χ0n) is 13.6. The molecule has 0 unspecified atom stereocenters. The minimum Gasteiger partial charge on any atom is -0.337 e. The van der Waals surface area contributed by atoms with Crippen LogP contribution in [0.1, 0.15) is 37.2 Å². The zero-order valence-corrected chi connectivity index (χ0v) is 13.6. The van der Waals surface area contributed by atoms with E-state index in [1.165, 1.54) is 12.1 Å². The molecule has 0 saturated carbocycles. The van der Waals surface area contributed by atoms with Crippen LogP contribution in [0.2, 0.25) is 0 Å². The topological polar surface area (TPSA) is 38.1 Å². The Morgan fingerprint density at radius 3 is 2.70 bits per heavy atom. The number of hydrogen-bond acceptors (Lipinski definition) is 2.